The standard InChI is InChI=1S/C4H3BrN2O2S/c5-2-1-10-4(7-2)9-3(6)8/h1H,(H2,6,8). The first kappa shape index (κ1) is 7.49. The van der Waals surface area contributed by atoms with Crippen LogP contribution in [0.3, 0.4) is 0 Å². The number of carbonyl (C=O) groups is 1. The minimum atomic E-state index is -0.846. The third-order valence-electron chi connectivity index (χ3n) is 0.643. The number of aromatic nitrogens is 1. The van der Waals surface area contributed by atoms with Crippen LogP contribution in [0.25, 0.3) is 0 Å². The lowest BCUT2D eigenvalue weighted by Gasteiger charge is -1.90. The van der Waals surface area contributed by atoms with Gasteiger partial charge in [-0.05, 0) is 15.9 Å². The van der Waals surface area contributed by atoms with E-state index in [0.717, 1.165) is 0 Å². The summed E-state index contributed by atoms with van der Waals surface area (Å²) in [7, 11) is 0. The van der Waals surface area contributed by atoms with Gasteiger partial charge in [0.15, 0.2) is 0 Å². The number of nitrogens with two attached hydrogens (primary N) is 1. The number of hydrogen-bond donors (Lipinski definition) is 1. The Morgan fingerprint density at radius 1 is 1.90 bits per heavy atom. The summed E-state index contributed by atoms with van der Waals surface area (Å²) in [5, 5.41) is 1.94. The van der Waals surface area contributed by atoms with Crippen molar-refractivity contribution in [3.8, 4) is 5.19 Å². The van der Waals surface area contributed by atoms with E-state index in [0.29, 0.717) is 4.60 Å². The molecule has 0 aromatic carbocycles. The van der Waals surface area contributed by atoms with Crippen molar-refractivity contribution in [2.45, 2.75) is 0 Å². The second kappa shape index (κ2) is 2.98. The largest absolute Gasteiger partial charge is 0.411 e. The molecule has 6 heteroatoms. The minimum Gasteiger partial charge on any atom is -0.381 e. The quantitative estimate of drug-likeness (QED) is 0.781. The van der Waals surface area contributed by atoms with Crippen molar-refractivity contribution in [2.75, 3.05) is 0 Å². The van der Waals surface area contributed by atoms with Gasteiger partial charge in [0, 0.05) is 5.38 Å². The van der Waals surface area contributed by atoms with Crippen LogP contribution in [-0.4, -0.2) is 11.1 Å². The number of rotatable bonds is 1. The molecule has 1 aromatic heterocycles. The summed E-state index contributed by atoms with van der Waals surface area (Å²) >= 11 is 4.29. The summed E-state index contributed by atoms with van der Waals surface area (Å²) in [6.07, 6.45) is -0.846. The number of primary amides is 1. The van der Waals surface area contributed by atoms with Crippen LogP contribution in [0, 0.1) is 0 Å². The molecule has 10 heavy (non-hydrogen) atoms. The van der Waals surface area contributed by atoms with Gasteiger partial charge in [-0.3, -0.25) is 0 Å². The maximum Gasteiger partial charge on any atom is 0.411 e. The highest BCUT2D eigenvalue weighted by atomic mass is 79.9. The molecule has 0 unspecified atom stereocenters. The van der Waals surface area contributed by atoms with Crippen molar-refractivity contribution in [1.82, 2.24) is 4.98 Å². The summed E-state index contributed by atoms with van der Waals surface area (Å²) in [6, 6.07) is 0. The first-order chi connectivity index (χ1) is 4.68. The zero-order valence-electron chi connectivity index (χ0n) is 4.70. The Hall–Kier alpha value is -0.620. The second-order valence-electron chi connectivity index (χ2n) is 1.36. The first-order valence-electron chi connectivity index (χ1n) is 2.27. The molecule has 1 amide bonds. The Labute approximate surface area is 69.1 Å². The summed E-state index contributed by atoms with van der Waals surface area (Å²) in [5.41, 5.74) is 4.72. The third kappa shape index (κ3) is 1.96. The normalized spacial score (nSPS) is 9.30. The Morgan fingerprint density at radius 3 is 3.00 bits per heavy atom. The van der Waals surface area contributed by atoms with E-state index in [1.807, 2.05) is 0 Å². The lowest BCUT2D eigenvalue weighted by Crippen LogP contribution is -2.15. The third-order valence-corrected chi connectivity index (χ3v) is 2.07. The fourth-order valence-electron chi connectivity index (χ4n) is 0.372. The maximum absolute atomic E-state index is 10.1. The molecule has 0 atom stereocenters. The lowest BCUT2D eigenvalue weighted by atomic mass is 11.0. The van der Waals surface area contributed by atoms with Gasteiger partial charge in [0.05, 0.1) is 0 Å². The van der Waals surface area contributed by atoms with Crippen molar-refractivity contribution < 1.29 is 9.53 Å². The number of halogens is 1. The van der Waals surface area contributed by atoms with E-state index in [9.17, 15) is 4.79 Å². The van der Waals surface area contributed by atoms with Gasteiger partial charge in [-0.2, -0.15) is 4.98 Å². The smallest absolute Gasteiger partial charge is 0.381 e. The van der Waals surface area contributed by atoms with Crippen molar-refractivity contribution >= 4 is 33.4 Å². The summed E-state index contributed by atoms with van der Waals surface area (Å²) in [4.78, 5) is 13.9. The molecule has 0 spiro atoms. The highest BCUT2D eigenvalue weighted by Crippen LogP contribution is 2.21. The monoisotopic (exact) mass is 222 g/mol. The van der Waals surface area contributed by atoms with Crippen molar-refractivity contribution in [1.29, 1.82) is 0 Å². The number of amides is 1. The fourth-order valence-corrected chi connectivity index (χ4v) is 1.46. The van der Waals surface area contributed by atoms with Crippen molar-refractivity contribution in [3.63, 3.8) is 0 Å². The van der Waals surface area contributed by atoms with Gasteiger partial charge in [0.25, 0.3) is 5.19 Å². The van der Waals surface area contributed by atoms with Crippen LogP contribution in [0.2, 0.25) is 0 Å². The molecule has 0 aliphatic carbocycles. The molecule has 0 radical (unpaired) electrons. The van der Waals surface area contributed by atoms with Crippen LogP contribution in [0.15, 0.2) is 9.98 Å². The van der Waals surface area contributed by atoms with Crippen LogP contribution in [0.5, 0.6) is 5.19 Å². The predicted molar refractivity (Wildman–Crippen MR) is 40.0 cm³/mol. The van der Waals surface area contributed by atoms with Crippen molar-refractivity contribution in [3.05, 3.63) is 9.98 Å². The first-order valence-corrected chi connectivity index (χ1v) is 3.94. The molecule has 4 nitrogen and oxygen atoms in total. The van der Waals surface area contributed by atoms with Crippen LogP contribution < -0.4 is 10.5 Å². The summed E-state index contributed by atoms with van der Waals surface area (Å²) in [6.45, 7) is 0. The molecule has 0 aliphatic rings. The molecular formula is C4H3BrN2O2S. The van der Waals surface area contributed by atoms with Crippen LogP contribution in [0.4, 0.5) is 4.79 Å². The van der Waals surface area contributed by atoms with Gasteiger partial charge in [0.1, 0.15) is 4.60 Å². The second-order valence-corrected chi connectivity index (χ2v) is 2.99. The number of ether oxygens (including phenoxy) is 1. The average Bonchev–Trinajstić information content (AvgIpc) is 2.13. The Balaban J connectivity index is 2.67. The topological polar surface area (TPSA) is 65.2 Å². The van der Waals surface area contributed by atoms with E-state index < -0.39 is 6.09 Å². The van der Waals surface area contributed by atoms with E-state index >= 15 is 0 Å². The number of carbonyl (C=O) groups excluding carboxylic acids is 1. The summed E-state index contributed by atoms with van der Waals surface area (Å²) < 4.78 is 5.08. The summed E-state index contributed by atoms with van der Waals surface area (Å²) in [5.74, 6) is 0. The molecule has 2 N–H and O–H groups in total. The Morgan fingerprint density at radius 2 is 2.60 bits per heavy atom. The zero-order chi connectivity index (χ0) is 7.56. The van der Waals surface area contributed by atoms with Gasteiger partial charge < -0.3 is 10.5 Å². The predicted octanol–water partition coefficient (Wildman–Crippen LogP) is 1.36. The van der Waals surface area contributed by atoms with Gasteiger partial charge in [-0.1, -0.05) is 11.3 Å². The molecule has 1 heterocycles. The van der Waals surface area contributed by atoms with E-state index in [-0.39, 0.29) is 5.19 Å². The number of nitrogens with zero attached hydrogens (tertiary/aromatic N) is 1. The van der Waals surface area contributed by atoms with Crippen molar-refractivity contribution in [2.24, 2.45) is 5.73 Å². The molecule has 1 aromatic rings. The number of hydrogen-bond acceptors (Lipinski definition) is 4. The fraction of sp³-hybridized carbons (Fsp3) is 0. The van der Waals surface area contributed by atoms with Crippen LogP contribution >= 0.6 is 27.3 Å². The SMILES string of the molecule is NC(=O)Oc1nc(Br)cs1. The highest BCUT2D eigenvalue weighted by Gasteiger charge is 2.02. The maximum atomic E-state index is 10.1. The minimum absolute atomic E-state index is 0.249. The molecule has 0 saturated heterocycles. The molecule has 0 aliphatic heterocycles. The zero-order valence-corrected chi connectivity index (χ0v) is 7.11. The van der Waals surface area contributed by atoms with Gasteiger partial charge in [-0.15, -0.1) is 0 Å². The lowest BCUT2D eigenvalue weighted by molar-refractivity contribution is 0.210. The highest BCUT2D eigenvalue weighted by molar-refractivity contribution is 9.10. The van der Waals surface area contributed by atoms with Gasteiger partial charge >= 0.3 is 6.09 Å². The molecule has 1 rings (SSSR count). The van der Waals surface area contributed by atoms with Gasteiger partial charge in [-0.25, -0.2) is 4.79 Å². The molecular weight excluding hydrogens is 220 g/mol. The molecule has 0 bridgehead atoms. The number of thiazole rings is 1. The van der Waals surface area contributed by atoms with Crippen LogP contribution in [-0.2, 0) is 0 Å². The van der Waals surface area contributed by atoms with Gasteiger partial charge in [0.2, 0.25) is 0 Å². The molecule has 54 valence electrons. The van der Waals surface area contributed by atoms with E-state index in [1.165, 1.54) is 11.3 Å². The molecule has 0 saturated carbocycles. The Kier molecular flexibility index (Phi) is 2.23. The Bertz CT molecular complexity index is 249. The van der Waals surface area contributed by atoms with E-state index in [4.69, 9.17) is 5.73 Å². The van der Waals surface area contributed by atoms with E-state index in [2.05, 4.69) is 25.7 Å². The van der Waals surface area contributed by atoms with E-state index in [1.54, 1.807) is 5.38 Å². The molecule has 0 fully saturated rings. The average molecular weight is 223 g/mol. The van der Waals surface area contributed by atoms with Crippen LogP contribution in [0.1, 0.15) is 0 Å².